The average Bonchev–Trinajstić information content (AvgIpc) is 2.52. The molecule has 0 saturated carbocycles. The Morgan fingerprint density at radius 2 is 2.09 bits per heavy atom. The van der Waals surface area contributed by atoms with Gasteiger partial charge in [-0.05, 0) is 18.2 Å². The molecular weight excluding hydrogens is 297 g/mol. The molecule has 0 aliphatic rings. The van der Waals surface area contributed by atoms with Crippen LogP contribution >= 0.6 is 0 Å². The van der Waals surface area contributed by atoms with Gasteiger partial charge in [0.05, 0.1) is 12.7 Å². The summed E-state index contributed by atoms with van der Waals surface area (Å²) in [5.41, 5.74) is -0.406. The number of alkyl halides is 3. The lowest BCUT2D eigenvalue weighted by molar-refractivity contribution is -0.141. The number of hydrogen-bond donors (Lipinski definition) is 1. The van der Waals surface area contributed by atoms with Gasteiger partial charge in [0, 0.05) is 18.3 Å². The molecule has 0 fully saturated rings. The zero-order valence-electron chi connectivity index (χ0n) is 11.5. The Labute approximate surface area is 124 Å². The Hall–Kier alpha value is -2.82. The number of nitrogens with one attached hydrogen (secondary N) is 1. The second-order valence-electron chi connectivity index (χ2n) is 4.23. The molecule has 0 amide bonds. The predicted octanol–water partition coefficient (Wildman–Crippen LogP) is 2.99. The average molecular weight is 308 g/mol. The van der Waals surface area contributed by atoms with Gasteiger partial charge in [-0.1, -0.05) is 6.07 Å². The van der Waals surface area contributed by atoms with E-state index in [2.05, 4.69) is 15.3 Å². The number of halogens is 3. The molecule has 0 aliphatic heterocycles. The van der Waals surface area contributed by atoms with Gasteiger partial charge in [-0.15, -0.1) is 0 Å². The SMILES string of the molecule is COc1ncccc1CNc1nc(C(F)(F)F)ccc1C#N. The van der Waals surface area contributed by atoms with E-state index in [0.29, 0.717) is 11.4 Å². The number of hydrogen-bond acceptors (Lipinski definition) is 5. The Balaban J connectivity index is 2.27. The molecule has 5 nitrogen and oxygen atoms in total. The van der Waals surface area contributed by atoms with Crippen LogP contribution in [0, 0.1) is 11.3 Å². The molecule has 114 valence electrons. The fraction of sp³-hybridized carbons (Fsp3) is 0.214. The van der Waals surface area contributed by atoms with Gasteiger partial charge >= 0.3 is 6.18 Å². The summed E-state index contributed by atoms with van der Waals surface area (Å²) in [4.78, 5) is 7.45. The highest BCUT2D eigenvalue weighted by atomic mass is 19.4. The van der Waals surface area contributed by atoms with Gasteiger partial charge < -0.3 is 10.1 Å². The first-order valence-corrected chi connectivity index (χ1v) is 6.16. The van der Waals surface area contributed by atoms with Crippen LogP contribution in [0.1, 0.15) is 16.8 Å². The lowest BCUT2D eigenvalue weighted by Crippen LogP contribution is -2.12. The van der Waals surface area contributed by atoms with Crippen molar-refractivity contribution in [1.82, 2.24) is 9.97 Å². The summed E-state index contributed by atoms with van der Waals surface area (Å²) in [5, 5.41) is 11.7. The summed E-state index contributed by atoms with van der Waals surface area (Å²) in [6.07, 6.45) is -3.04. The van der Waals surface area contributed by atoms with Crippen molar-refractivity contribution in [1.29, 1.82) is 5.26 Å². The van der Waals surface area contributed by atoms with Crippen molar-refractivity contribution in [2.24, 2.45) is 0 Å². The Kier molecular flexibility index (Phi) is 4.46. The molecule has 8 heteroatoms. The van der Waals surface area contributed by atoms with E-state index < -0.39 is 11.9 Å². The number of nitrogens with zero attached hydrogens (tertiary/aromatic N) is 3. The Morgan fingerprint density at radius 3 is 2.73 bits per heavy atom. The number of aromatic nitrogens is 2. The van der Waals surface area contributed by atoms with E-state index >= 15 is 0 Å². The van der Waals surface area contributed by atoms with E-state index in [1.54, 1.807) is 18.2 Å². The lowest BCUT2D eigenvalue weighted by Gasteiger charge is -2.12. The van der Waals surface area contributed by atoms with Gasteiger partial charge in [0.15, 0.2) is 0 Å². The molecule has 2 aromatic heterocycles. The Morgan fingerprint density at radius 1 is 1.32 bits per heavy atom. The molecule has 2 rings (SSSR count). The summed E-state index contributed by atoms with van der Waals surface area (Å²) in [5.74, 6) is 0.212. The molecule has 0 radical (unpaired) electrons. The zero-order chi connectivity index (χ0) is 16.2. The van der Waals surface area contributed by atoms with Crippen LogP contribution < -0.4 is 10.1 Å². The fourth-order valence-corrected chi connectivity index (χ4v) is 1.76. The van der Waals surface area contributed by atoms with Crippen molar-refractivity contribution < 1.29 is 17.9 Å². The summed E-state index contributed by atoms with van der Waals surface area (Å²) in [6.45, 7) is 0.125. The number of methoxy groups -OCH3 is 1. The third-order valence-corrected chi connectivity index (χ3v) is 2.80. The smallest absolute Gasteiger partial charge is 0.433 e. The van der Waals surface area contributed by atoms with E-state index in [-0.39, 0.29) is 17.9 Å². The molecule has 22 heavy (non-hydrogen) atoms. The number of anilines is 1. The van der Waals surface area contributed by atoms with E-state index in [4.69, 9.17) is 10.00 Å². The zero-order valence-corrected chi connectivity index (χ0v) is 11.5. The topological polar surface area (TPSA) is 70.8 Å². The van der Waals surface area contributed by atoms with Crippen LogP contribution in [0.4, 0.5) is 19.0 Å². The maximum Gasteiger partial charge on any atom is 0.433 e. The first-order chi connectivity index (χ1) is 10.5. The van der Waals surface area contributed by atoms with Crippen molar-refractivity contribution in [3.8, 4) is 11.9 Å². The minimum atomic E-state index is -4.57. The second-order valence-corrected chi connectivity index (χ2v) is 4.23. The van der Waals surface area contributed by atoms with Crippen LogP contribution in [-0.4, -0.2) is 17.1 Å². The molecule has 2 aromatic rings. The summed E-state index contributed by atoms with van der Waals surface area (Å²) in [7, 11) is 1.44. The summed E-state index contributed by atoms with van der Waals surface area (Å²) >= 11 is 0. The van der Waals surface area contributed by atoms with E-state index in [1.165, 1.54) is 13.3 Å². The summed E-state index contributed by atoms with van der Waals surface area (Å²) < 4.78 is 43.1. The van der Waals surface area contributed by atoms with Crippen LogP contribution in [0.15, 0.2) is 30.5 Å². The van der Waals surface area contributed by atoms with Crippen LogP contribution in [0.2, 0.25) is 0 Å². The van der Waals surface area contributed by atoms with Crippen LogP contribution in [-0.2, 0) is 12.7 Å². The minimum Gasteiger partial charge on any atom is -0.481 e. The van der Waals surface area contributed by atoms with Crippen molar-refractivity contribution >= 4 is 5.82 Å². The fourth-order valence-electron chi connectivity index (χ4n) is 1.76. The van der Waals surface area contributed by atoms with Gasteiger partial charge in [0.2, 0.25) is 5.88 Å². The van der Waals surface area contributed by atoms with Gasteiger partial charge in [0.25, 0.3) is 0 Å². The third-order valence-electron chi connectivity index (χ3n) is 2.80. The van der Waals surface area contributed by atoms with Crippen molar-refractivity contribution in [2.75, 3.05) is 12.4 Å². The molecule has 0 spiro atoms. The highest BCUT2D eigenvalue weighted by molar-refractivity contribution is 5.53. The second kappa shape index (κ2) is 6.30. The molecule has 0 bridgehead atoms. The molecular formula is C14H11F3N4O. The van der Waals surface area contributed by atoms with Crippen LogP contribution in [0.5, 0.6) is 5.88 Å². The monoisotopic (exact) mass is 308 g/mol. The molecule has 0 atom stereocenters. The molecule has 0 unspecified atom stereocenters. The largest absolute Gasteiger partial charge is 0.481 e. The molecule has 2 heterocycles. The van der Waals surface area contributed by atoms with Gasteiger partial charge in [-0.3, -0.25) is 0 Å². The number of nitriles is 1. The summed E-state index contributed by atoms with van der Waals surface area (Å²) in [6, 6.07) is 7.03. The maximum absolute atomic E-state index is 12.7. The van der Waals surface area contributed by atoms with Gasteiger partial charge in [-0.2, -0.15) is 18.4 Å². The van der Waals surface area contributed by atoms with Crippen molar-refractivity contribution in [3.63, 3.8) is 0 Å². The molecule has 0 saturated heterocycles. The van der Waals surface area contributed by atoms with E-state index in [1.807, 2.05) is 0 Å². The van der Waals surface area contributed by atoms with E-state index in [9.17, 15) is 13.2 Å². The van der Waals surface area contributed by atoms with Gasteiger partial charge in [0.1, 0.15) is 17.6 Å². The third kappa shape index (κ3) is 3.44. The van der Waals surface area contributed by atoms with E-state index in [0.717, 1.165) is 12.1 Å². The molecule has 0 aromatic carbocycles. The highest BCUT2D eigenvalue weighted by Crippen LogP contribution is 2.29. The quantitative estimate of drug-likeness (QED) is 0.940. The highest BCUT2D eigenvalue weighted by Gasteiger charge is 2.33. The number of pyridine rings is 2. The number of ether oxygens (including phenoxy) is 1. The first kappa shape index (κ1) is 15.6. The predicted molar refractivity (Wildman–Crippen MR) is 72.1 cm³/mol. The van der Waals surface area contributed by atoms with Gasteiger partial charge in [-0.25, -0.2) is 9.97 Å². The van der Waals surface area contributed by atoms with Crippen LogP contribution in [0.25, 0.3) is 0 Å². The number of rotatable bonds is 4. The first-order valence-electron chi connectivity index (χ1n) is 6.16. The maximum atomic E-state index is 12.7. The van der Waals surface area contributed by atoms with Crippen molar-refractivity contribution in [2.45, 2.75) is 12.7 Å². The Bertz CT molecular complexity index is 710. The lowest BCUT2D eigenvalue weighted by atomic mass is 10.2. The minimum absolute atomic E-state index is 0.0239. The van der Waals surface area contributed by atoms with Crippen LogP contribution in [0.3, 0.4) is 0 Å². The van der Waals surface area contributed by atoms with Crippen molar-refractivity contribution in [3.05, 3.63) is 47.3 Å². The standard InChI is InChI=1S/C14H11F3N4O/c1-22-13-10(3-2-6-19-13)8-20-12-9(7-18)4-5-11(21-12)14(15,16)17/h2-6H,8H2,1H3,(H,20,21). The molecule has 1 N–H and O–H groups in total. The molecule has 0 aliphatic carbocycles. The normalized spacial score (nSPS) is 10.9.